The molecule has 168 valence electrons. The molecule has 1 amide bonds. The van der Waals surface area contributed by atoms with Crippen LogP contribution < -0.4 is 15.2 Å². The third-order valence-corrected chi connectivity index (χ3v) is 5.99. The molecular weight excluding hydrogens is 420 g/mol. The van der Waals surface area contributed by atoms with E-state index < -0.39 is 5.91 Å². The molecule has 0 bridgehead atoms. The minimum Gasteiger partial charge on any atom is -0.506 e. The number of fused-ring (bicyclic) bond motifs is 1. The fraction of sp³-hybridized carbons (Fsp3) is 0.429. The lowest BCUT2D eigenvalue weighted by Gasteiger charge is -2.25. The predicted octanol–water partition coefficient (Wildman–Crippen LogP) is 2.64. The number of thiophene rings is 1. The van der Waals surface area contributed by atoms with Gasteiger partial charge in [-0.25, -0.2) is 4.98 Å². The average Bonchev–Trinajstić information content (AvgIpc) is 3.37. The maximum atomic E-state index is 11.3. The van der Waals surface area contributed by atoms with E-state index in [9.17, 15) is 9.90 Å². The third kappa shape index (κ3) is 5.27. The van der Waals surface area contributed by atoms with E-state index in [4.69, 9.17) is 19.9 Å². The number of benzene rings is 1. The van der Waals surface area contributed by atoms with Gasteiger partial charge in [0.2, 0.25) is 0 Å². The number of carbonyl (C=O) groups excluding carboxylic acids is 1. The second-order valence-electron chi connectivity index (χ2n) is 6.93. The average molecular weight is 449 g/mol. The summed E-state index contributed by atoms with van der Waals surface area (Å²) in [5, 5.41) is 10.4. The molecule has 0 spiro atoms. The van der Waals surface area contributed by atoms with E-state index in [0.717, 1.165) is 43.2 Å². The summed E-state index contributed by atoms with van der Waals surface area (Å²) >= 11 is 1.09. The molecule has 9 nitrogen and oxygen atoms in total. The molecule has 3 aromatic rings. The number of methoxy groups -OCH3 is 2. The highest BCUT2D eigenvalue weighted by molar-refractivity contribution is 7.16. The zero-order valence-electron chi connectivity index (χ0n) is 18.0. The number of primary amides is 1. The van der Waals surface area contributed by atoms with Crippen molar-refractivity contribution in [1.82, 2.24) is 14.5 Å². The van der Waals surface area contributed by atoms with Gasteiger partial charge in [0.05, 0.1) is 38.5 Å². The Morgan fingerprint density at radius 3 is 2.48 bits per heavy atom. The molecular formula is C21H28N4O5S. The first-order chi connectivity index (χ1) is 15.0. The number of nitrogens with zero attached hydrogens (tertiary/aromatic N) is 3. The maximum absolute atomic E-state index is 11.3. The van der Waals surface area contributed by atoms with Gasteiger partial charge >= 0.3 is 0 Å². The van der Waals surface area contributed by atoms with E-state index >= 15 is 0 Å². The van der Waals surface area contributed by atoms with Gasteiger partial charge in [-0.05, 0) is 13.0 Å². The normalized spacial score (nSPS) is 14.2. The summed E-state index contributed by atoms with van der Waals surface area (Å²) in [7, 11) is 3.10. The summed E-state index contributed by atoms with van der Waals surface area (Å²) in [6.45, 7) is 7.58. The number of nitrogens with two attached hydrogens (primary N) is 1. The number of aromatic hydroxyl groups is 1. The molecule has 3 N–H and O–H groups in total. The van der Waals surface area contributed by atoms with Gasteiger partial charge in [-0.15, -0.1) is 11.3 Å². The van der Waals surface area contributed by atoms with Crippen molar-refractivity contribution in [1.29, 1.82) is 0 Å². The fourth-order valence-corrected chi connectivity index (χ4v) is 4.20. The van der Waals surface area contributed by atoms with Crippen molar-refractivity contribution in [3.8, 4) is 22.2 Å². The molecule has 0 unspecified atom stereocenters. The standard InChI is InChI=1S/C14H13N3O4S.C7H15NO/c1-20-10-3-7-8(4-11(10)21-2)17(6-16-7)12-5-9(18)13(22-12)14(15)19;1-2-3-8-4-6-9-7-5-8/h3-6,18H,1-2H3,(H2,15,19);2-7H2,1H3. The second-order valence-corrected chi connectivity index (χ2v) is 7.96. The fourth-order valence-electron chi connectivity index (χ4n) is 3.32. The molecule has 0 radical (unpaired) electrons. The van der Waals surface area contributed by atoms with Gasteiger partial charge in [0.15, 0.2) is 11.5 Å². The molecule has 31 heavy (non-hydrogen) atoms. The van der Waals surface area contributed by atoms with Crippen LogP contribution in [-0.4, -0.2) is 72.5 Å². The summed E-state index contributed by atoms with van der Waals surface area (Å²) < 4.78 is 17.5. The van der Waals surface area contributed by atoms with Gasteiger partial charge < -0.3 is 25.1 Å². The number of rotatable bonds is 6. The lowest BCUT2D eigenvalue weighted by Crippen LogP contribution is -2.36. The van der Waals surface area contributed by atoms with E-state index in [2.05, 4.69) is 16.8 Å². The molecule has 1 fully saturated rings. The first kappa shape index (κ1) is 22.9. The monoisotopic (exact) mass is 448 g/mol. The van der Waals surface area contributed by atoms with Crippen molar-refractivity contribution in [3.63, 3.8) is 0 Å². The van der Waals surface area contributed by atoms with Crippen LogP contribution in [0.15, 0.2) is 24.5 Å². The van der Waals surface area contributed by atoms with Crippen LogP contribution in [0.25, 0.3) is 16.0 Å². The Kier molecular flexibility index (Phi) is 7.72. The lowest BCUT2D eigenvalue weighted by atomic mass is 10.2. The topological polar surface area (TPSA) is 112 Å². The Labute approximate surface area is 184 Å². The number of amides is 1. The molecule has 2 aromatic heterocycles. The van der Waals surface area contributed by atoms with Gasteiger partial charge in [-0.1, -0.05) is 6.92 Å². The molecule has 1 aromatic carbocycles. The van der Waals surface area contributed by atoms with Gasteiger partial charge in [0, 0.05) is 31.3 Å². The maximum Gasteiger partial charge on any atom is 0.262 e. The Morgan fingerprint density at radius 1 is 1.23 bits per heavy atom. The van der Waals surface area contributed by atoms with Crippen LogP contribution in [0.4, 0.5) is 0 Å². The zero-order valence-corrected chi connectivity index (χ0v) is 18.8. The Morgan fingerprint density at radius 2 is 1.90 bits per heavy atom. The van der Waals surface area contributed by atoms with Crippen LogP contribution >= 0.6 is 11.3 Å². The third-order valence-electron chi connectivity index (χ3n) is 4.86. The zero-order chi connectivity index (χ0) is 22.4. The minimum atomic E-state index is -0.669. The Balaban J connectivity index is 0.000000254. The molecule has 4 rings (SSSR count). The van der Waals surface area contributed by atoms with Crippen molar-refractivity contribution in [2.75, 3.05) is 47.1 Å². The largest absolute Gasteiger partial charge is 0.506 e. The highest BCUT2D eigenvalue weighted by atomic mass is 32.1. The van der Waals surface area contributed by atoms with E-state index in [-0.39, 0.29) is 10.6 Å². The summed E-state index contributed by atoms with van der Waals surface area (Å²) in [6.07, 6.45) is 2.86. The van der Waals surface area contributed by atoms with Crippen LogP contribution in [0.1, 0.15) is 23.0 Å². The molecule has 1 aliphatic rings. The Hall–Kier alpha value is -2.82. The van der Waals surface area contributed by atoms with Crippen molar-refractivity contribution < 1.29 is 24.1 Å². The van der Waals surface area contributed by atoms with Crippen LogP contribution in [0, 0.1) is 0 Å². The number of morpholine rings is 1. The summed E-state index contributed by atoms with van der Waals surface area (Å²) in [6, 6.07) is 5.01. The van der Waals surface area contributed by atoms with Gasteiger partial charge in [0.25, 0.3) is 5.91 Å². The molecule has 0 saturated carbocycles. The van der Waals surface area contributed by atoms with E-state index in [1.165, 1.54) is 19.0 Å². The Bertz CT molecular complexity index is 1020. The minimum absolute atomic E-state index is 0.109. The molecule has 0 atom stereocenters. The highest BCUT2D eigenvalue weighted by Crippen LogP contribution is 2.36. The van der Waals surface area contributed by atoms with Crippen LogP contribution in [0.5, 0.6) is 17.2 Å². The lowest BCUT2D eigenvalue weighted by molar-refractivity contribution is 0.0380. The van der Waals surface area contributed by atoms with Crippen molar-refractivity contribution in [2.45, 2.75) is 13.3 Å². The molecule has 10 heteroatoms. The summed E-state index contributed by atoms with van der Waals surface area (Å²) in [5.41, 5.74) is 6.69. The van der Waals surface area contributed by atoms with E-state index in [0.29, 0.717) is 22.0 Å². The first-order valence-electron chi connectivity index (χ1n) is 10.0. The van der Waals surface area contributed by atoms with Crippen LogP contribution in [-0.2, 0) is 4.74 Å². The summed E-state index contributed by atoms with van der Waals surface area (Å²) in [4.78, 5) is 18.1. The number of aromatic nitrogens is 2. The molecule has 1 aliphatic heterocycles. The SMILES string of the molecule is CCCN1CCOCC1.COc1cc2ncn(-c3cc(O)c(C(N)=O)s3)c2cc1OC. The molecule has 1 saturated heterocycles. The number of imidazole rings is 1. The highest BCUT2D eigenvalue weighted by Gasteiger charge is 2.17. The van der Waals surface area contributed by atoms with Crippen molar-refractivity contribution in [2.24, 2.45) is 5.73 Å². The smallest absolute Gasteiger partial charge is 0.262 e. The van der Waals surface area contributed by atoms with E-state index in [1.54, 1.807) is 37.2 Å². The van der Waals surface area contributed by atoms with Crippen molar-refractivity contribution in [3.05, 3.63) is 29.4 Å². The summed E-state index contributed by atoms with van der Waals surface area (Å²) in [5.74, 6) is 0.326. The number of hydrogen-bond acceptors (Lipinski definition) is 8. The van der Waals surface area contributed by atoms with Crippen LogP contribution in [0.2, 0.25) is 0 Å². The first-order valence-corrected chi connectivity index (χ1v) is 10.8. The predicted molar refractivity (Wildman–Crippen MR) is 120 cm³/mol. The van der Waals surface area contributed by atoms with Crippen LogP contribution in [0.3, 0.4) is 0 Å². The number of ether oxygens (including phenoxy) is 3. The van der Waals surface area contributed by atoms with Gasteiger partial charge in [-0.3, -0.25) is 14.3 Å². The van der Waals surface area contributed by atoms with E-state index in [1.807, 2.05) is 0 Å². The molecule has 0 aliphatic carbocycles. The number of carbonyl (C=O) groups is 1. The molecule has 3 heterocycles. The second kappa shape index (κ2) is 10.5. The quantitative estimate of drug-likeness (QED) is 0.596. The van der Waals surface area contributed by atoms with Gasteiger partial charge in [-0.2, -0.15) is 0 Å². The number of hydrogen-bond donors (Lipinski definition) is 2. The van der Waals surface area contributed by atoms with Gasteiger partial charge in [0.1, 0.15) is 22.0 Å². The van der Waals surface area contributed by atoms with Crippen molar-refractivity contribution >= 4 is 28.3 Å².